The maximum absolute atomic E-state index is 12.5. The Kier molecular flexibility index (Phi) is 8.95. The Balaban J connectivity index is 1.65. The summed E-state index contributed by atoms with van der Waals surface area (Å²) in [4.78, 5) is 30.0. The molecule has 0 fully saturated rings. The molecule has 0 bridgehead atoms. The second kappa shape index (κ2) is 12.1. The quantitative estimate of drug-likeness (QED) is 0.108. The molecule has 6 nitrogen and oxygen atoms in total. The number of esters is 1. The van der Waals surface area contributed by atoms with E-state index in [2.05, 4.69) is 11.2 Å². The molecule has 3 aromatic carbocycles. The summed E-state index contributed by atoms with van der Waals surface area (Å²) < 4.78 is 5.27. The fourth-order valence-electron chi connectivity index (χ4n) is 3.87. The van der Waals surface area contributed by atoms with Gasteiger partial charge in [-0.1, -0.05) is 67.5 Å². The van der Waals surface area contributed by atoms with Crippen LogP contribution in [-0.2, 0) is 19.2 Å². The van der Waals surface area contributed by atoms with E-state index in [-0.39, 0.29) is 25.1 Å². The van der Waals surface area contributed by atoms with E-state index >= 15 is 0 Å². The van der Waals surface area contributed by atoms with Gasteiger partial charge in [0.05, 0.1) is 24.7 Å². The Hall–Kier alpha value is -3.25. The molecule has 0 aliphatic heterocycles. The fourth-order valence-corrected chi connectivity index (χ4v) is 3.87. The Labute approximate surface area is 194 Å². The minimum absolute atomic E-state index is 0.0761. The molecule has 3 rings (SSSR count). The molecule has 0 saturated carbocycles. The highest BCUT2D eigenvalue weighted by atomic mass is 16.7. The summed E-state index contributed by atoms with van der Waals surface area (Å²) in [5.41, 5.74) is 0.891. The van der Waals surface area contributed by atoms with Gasteiger partial charge in [0.15, 0.2) is 0 Å². The Morgan fingerprint density at radius 2 is 1.64 bits per heavy atom. The third-order valence-electron chi connectivity index (χ3n) is 5.80. The van der Waals surface area contributed by atoms with Crippen molar-refractivity contribution in [1.29, 1.82) is 0 Å². The molecule has 0 aromatic heterocycles. The third-order valence-corrected chi connectivity index (χ3v) is 5.80. The number of aliphatic hydroxyl groups is 1. The first-order valence-electron chi connectivity index (χ1n) is 11.5. The molecule has 3 aromatic rings. The Bertz CT molecular complexity index is 1070. The van der Waals surface area contributed by atoms with Gasteiger partial charge in [-0.3, -0.25) is 4.79 Å². The predicted octanol–water partition coefficient (Wildman–Crippen LogP) is 5.24. The zero-order chi connectivity index (χ0) is 23.6. The van der Waals surface area contributed by atoms with E-state index in [0.717, 1.165) is 27.1 Å². The average Bonchev–Trinajstić information content (AvgIpc) is 2.84. The number of ether oxygens (including phenoxy) is 1. The molecule has 2 atom stereocenters. The van der Waals surface area contributed by atoms with Gasteiger partial charge in [-0.15, -0.1) is 0 Å². The lowest BCUT2D eigenvalue weighted by molar-refractivity contribution is -0.152. The highest BCUT2D eigenvalue weighted by Crippen LogP contribution is 2.27. The van der Waals surface area contributed by atoms with E-state index in [1.165, 1.54) is 0 Å². The van der Waals surface area contributed by atoms with Gasteiger partial charge in [-0.25, -0.2) is 4.79 Å². The van der Waals surface area contributed by atoms with Crippen LogP contribution in [0.4, 0.5) is 0 Å². The van der Waals surface area contributed by atoms with E-state index in [4.69, 9.17) is 14.7 Å². The minimum atomic E-state index is -0.499. The van der Waals surface area contributed by atoms with E-state index in [9.17, 15) is 9.59 Å². The van der Waals surface area contributed by atoms with Crippen LogP contribution in [0.15, 0.2) is 59.8 Å². The average molecular weight is 450 g/mol. The van der Waals surface area contributed by atoms with Crippen molar-refractivity contribution in [1.82, 2.24) is 0 Å². The smallest absolute Gasteiger partial charge is 0.337 e. The molecule has 2 unspecified atom stereocenters. The summed E-state index contributed by atoms with van der Waals surface area (Å²) in [7, 11) is 0. The number of aliphatic hydroxyl groups excluding tert-OH is 1. The number of rotatable bonds is 11. The molecule has 0 radical (unpaired) electrons. The number of carbonyl (C=O) groups is 2. The summed E-state index contributed by atoms with van der Waals surface area (Å²) in [6.07, 6.45) is 3.70. The van der Waals surface area contributed by atoms with Gasteiger partial charge in [0.25, 0.3) is 0 Å². The van der Waals surface area contributed by atoms with Crippen molar-refractivity contribution in [3.63, 3.8) is 0 Å². The monoisotopic (exact) mass is 449 g/mol. The molecule has 174 valence electrons. The number of hydrogen-bond acceptors (Lipinski definition) is 6. The molecule has 0 aliphatic rings. The van der Waals surface area contributed by atoms with Gasteiger partial charge in [-0.05, 0) is 53.3 Å². The van der Waals surface area contributed by atoms with Crippen molar-refractivity contribution in [2.24, 2.45) is 17.0 Å². The highest BCUT2D eigenvalue weighted by molar-refractivity contribution is 6.13. The Morgan fingerprint density at radius 1 is 1.00 bits per heavy atom. The molecule has 0 aliphatic carbocycles. The van der Waals surface area contributed by atoms with E-state index in [0.29, 0.717) is 25.7 Å². The second-order valence-corrected chi connectivity index (χ2v) is 8.22. The van der Waals surface area contributed by atoms with Gasteiger partial charge < -0.3 is 14.7 Å². The first-order chi connectivity index (χ1) is 16.0. The summed E-state index contributed by atoms with van der Waals surface area (Å²) >= 11 is 0. The standard InChI is InChI=1S/C27H31NO5/c1-3-20(27(31)32-15-9-8-14-29)16-19(2)26(30)33-28-18-25-23-12-6-4-10-21(23)17-22-11-5-7-13-24(22)25/h4-7,10-13,17-20,29H,3,8-9,14-16H2,1-2H3. The molecule has 0 heterocycles. The van der Waals surface area contributed by atoms with Crippen LogP contribution in [0.25, 0.3) is 21.5 Å². The number of fused-ring (bicyclic) bond motifs is 2. The largest absolute Gasteiger partial charge is 0.465 e. The number of unbranched alkanes of at least 4 members (excludes halogenated alkanes) is 1. The lowest BCUT2D eigenvalue weighted by Crippen LogP contribution is -2.23. The number of oxime groups is 1. The van der Waals surface area contributed by atoms with Crippen LogP contribution in [0, 0.1) is 11.8 Å². The fraction of sp³-hybridized carbons (Fsp3) is 0.370. The van der Waals surface area contributed by atoms with Crippen molar-refractivity contribution >= 4 is 39.7 Å². The molecule has 33 heavy (non-hydrogen) atoms. The maximum atomic E-state index is 12.5. The van der Waals surface area contributed by atoms with Crippen LogP contribution in [0.3, 0.4) is 0 Å². The second-order valence-electron chi connectivity index (χ2n) is 8.22. The van der Waals surface area contributed by atoms with Crippen molar-refractivity contribution in [2.45, 2.75) is 39.5 Å². The Morgan fingerprint density at radius 3 is 2.24 bits per heavy atom. The van der Waals surface area contributed by atoms with Crippen molar-refractivity contribution < 1.29 is 24.3 Å². The zero-order valence-electron chi connectivity index (χ0n) is 19.2. The van der Waals surface area contributed by atoms with E-state index < -0.39 is 11.9 Å². The predicted molar refractivity (Wildman–Crippen MR) is 130 cm³/mol. The van der Waals surface area contributed by atoms with Crippen molar-refractivity contribution in [3.8, 4) is 0 Å². The van der Waals surface area contributed by atoms with Gasteiger partial charge in [0.2, 0.25) is 0 Å². The van der Waals surface area contributed by atoms with Crippen LogP contribution in [0.5, 0.6) is 0 Å². The lowest BCUT2D eigenvalue weighted by atomic mass is 9.94. The van der Waals surface area contributed by atoms with Crippen LogP contribution in [0.1, 0.15) is 45.1 Å². The summed E-state index contributed by atoms with van der Waals surface area (Å²) in [6.45, 7) is 3.97. The third kappa shape index (κ3) is 6.39. The van der Waals surface area contributed by atoms with Gasteiger partial charge >= 0.3 is 11.9 Å². The van der Waals surface area contributed by atoms with Crippen LogP contribution < -0.4 is 0 Å². The summed E-state index contributed by atoms with van der Waals surface area (Å²) in [5.74, 6) is -1.68. The normalized spacial score (nSPS) is 13.3. The molecular weight excluding hydrogens is 418 g/mol. The number of carbonyl (C=O) groups excluding carboxylic acids is 2. The molecule has 0 saturated heterocycles. The molecular formula is C27H31NO5. The van der Waals surface area contributed by atoms with Crippen LogP contribution >= 0.6 is 0 Å². The molecule has 0 spiro atoms. The van der Waals surface area contributed by atoms with Gasteiger partial charge in [-0.2, -0.15) is 0 Å². The SMILES string of the molecule is CCC(CC(C)C(=O)ON=Cc1c2ccccc2cc2ccccc12)C(=O)OCCCCO. The first-order valence-corrected chi connectivity index (χ1v) is 11.5. The summed E-state index contributed by atoms with van der Waals surface area (Å²) in [6, 6.07) is 18.2. The minimum Gasteiger partial charge on any atom is -0.465 e. The van der Waals surface area contributed by atoms with Gasteiger partial charge in [0, 0.05) is 12.2 Å². The number of hydrogen-bond donors (Lipinski definition) is 1. The van der Waals surface area contributed by atoms with E-state index in [1.54, 1.807) is 13.1 Å². The van der Waals surface area contributed by atoms with E-state index in [1.807, 2.05) is 55.5 Å². The van der Waals surface area contributed by atoms with Crippen molar-refractivity contribution in [3.05, 3.63) is 60.2 Å². The van der Waals surface area contributed by atoms with Crippen LogP contribution in [0.2, 0.25) is 0 Å². The first kappa shape index (κ1) is 24.4. The number of nitrogens with zero attached hydrogens (tertiary/aromatic N) is 1. The van der Waals surface area contributed by atoms with Crippen LogP contribution in [-0.4, -0.2) is 36.5 Å². The molecule has 6 heteroatoms. The molecule has 1 N–H and O–H groups in total. The van der Waals surface area contributed by atoms with Gasteiger partial charge in [0.1, 0.15) is 0 Å². The topological polar surface area (TPSA) is 85.2 Å². The lowest BCUT2D eigenvalue weighted by Gasteiger charge is -2.17. The maximum Gasteiger partial charge on any atom is 0.337 e. The van der Waals surface area contributed by atoms with Crippen molar-refractivity contribution in [2.75, 3.05) is 13.2 Å². The zero-order valence-corrected chi connectivity index (χ0v) is 19.2. The summed E-state index contributed by atoms with van der Waals surface area (Å²) in [5, 5.41) is 17.0. The highest BCUT2D eigenvalue weighted by Gasteiger charge is 2.25. The molecule has 0 amide bonds. The number of benzene rings is 3.